The predicted octanol–water partition coefficient (Wildman–Crippen LogP) is 3.94. The van der Waals surface area contributed by atoms with Gasteiger partial charge in [0.2, 0.25) is 0 Å². The standard InChI is InChI=1S/C19H23ClN2O2/c1-18(24-2)8-7-16(11-15-3-5-17(20)6-4-15)12-19(18,23)13-22-10-9-21-14-22/h3-6,9-11,14,23H,7-8,12-13H2,1-2H3/b16-11-. The quantitative estimate of drug-likeness (QED) is 0.912. The second-order valence-electron chi connectivity index (χ2n) is 6.73. The number of imidazole rings is 1. The van der Waals surface area contributed by atoms with Crippen molar-refractivity contribution < 1.29 is 9.84 Å². The molecule has 4 nitrogen and oxygen atoms in total. The number of aliphatic hydroxyl groups is 1. The van der Waals surface area contributed by atoms with E-state index in [0.717, 1.165) is 23.4 Å². The third kappa shape index (κ3) is 3.41. The highest BCUT2D eigenvalue weighted by Crippen LogP contribution is 2.43. The van der Waals surface area contributed by atoms with Crippen molar-refractivity contribution >= 4 is 17.7 Å². The number of hydrogen-bond donors (Lipinski definition) is 1. The van der Waals surface area contributed by atoms with Crippen LogP contribution in [-0.4, -0.2) is 33.0 Å². The number of benzene rings is 1. The second kappa shape index (κ2) is 6.71. The Balaban J connectivity index is 1.87. The number of aromatic nitrogens is 2. The fraction of sp³-hybridized carbons (Fsp3) is 0.421. The Kier molecular flexibility index (Phi) is 4.81. The van der Waals surface area contributed by atoms with E-state index in [1.165, 1.54) is 5.57 Å². The first-order valence-electron chi connectivity index (χ1n) is 8.12. The van der Waals surface area contributed by atoms with Gasteiger partial charge in [-0.2, -0.15) is 0 Å². The second-order valence-corrected chi connectivity index (χ2v) is 7.17. The molecule has 1 saturated carbocycles. The maximum Gasteiger partial charge on any atom is 0.115 e. The molecule has 3 rings (SSSR count). The molecular weight excluding hydrogens is 324 g/mol. The molecular formula is C19H23ClN2O2. The number of halogens is 1. The van der Waals surface area contributed by atoms with Crippen molar-refractivity contribution in [3.05, 3.63) is 59.1 Å². The average Bonchev–Trinajstić information content (AvgIpc) is 3.06. The molecule has 2 atom stereocenters. The summed E-state index contributed by atoms with van der Waals surface area (Å²) in [5.74, 6) is 0. The summed E-state index contributed by atoms with van der Waals surface area (Å²) in [7, 11) is 1.67. The Morgan fingerprint density at radius 3 is 2.75 bits per heavy atom. The normalized spacial score (nSPS) is 29.1. The van der Waals surface area contributed by atoms with Crippen LogP contribution in [0.15, 0.2) is 48.6 Å². The predicted molar refractivity (Wildman–Crippen MR) is 95.9 cm³/mol. The molecule has 1 N–H and O–H groups in total. The van der Waals surface area contributed by atoms with Crippen LogP contribution in [-0.2, 0) is 11.3 Å². The van der Waals surface area contributed by atoms with Crippen LogP contribution in [0, 0.1) is 0 Å². The van der Waals surface area contributed by atoms with E-state index in [1.807, 2.05) is 42.0 Å². The van der Waals surface area contributed by atoms with E-state index in [9.17, 15) is 5.11 Å². The Bertz CT molecular complexity index is 711. The van der Waals surface area contributed by atoms with E-state index in [2.05, 4.69) is 11.1 Å². The van der Waals surface area contributed by atoms with E-state index in [1.54, 1.807) is 19.6 Å². The van der Waals surface area contributed by atoms with Crippen molar-refractivity contribution in [1.82, 2.24) is 9.55 Å². The van der Waals surface area contributed by atoms with Gasteiger partial charge < -0.3 is 14.4 Å². The van der Waals surface area contributed by atoms with Crippen LogP contribution in [0.25, 0.3) is 6.08 Å². The summed E-state index contributed by atoms with van der Waals surface area (Å²) in [6.07, 6.45) is 9.70. The number of hydrogen-bond acceptors (Lipinski definition) is 3. The molecule has 5 heteroatoms. The summed E-state index contributed by atoms with van der Waals surface area (Å²) in [5.41, 5.74) is 0.739. The van der Waals surface area contributed by atoms with Crippen LogP contribution < -0.4 is 0 Å². The average molecular weight is 347 g/mol. The summed E-state index contributed by atoms with van der Waals surface area (Å²) in [6, 6.07) is 7.75. The highest BCUT2D eigenvalue weighted by atomic mass is 35.5. The van der Waals surface area contributed by atoms with Crippen molar-refractivity contribution in [2.24, 2.45) is 0 Å². The maximum absolute atomic E-state index is 11.4. The van der Waals surface area contributed by atoms with E-state index in [4.69, 9.17) is 16.3 Å². The van der Waals surface area contributed by atoms with Crippen molar-refractivity contribution in [1.29, 1.82) is 0 Å². The molecule has 24 heavy (non-hydrogen) atoms. The molecule has 1 heterocycles. The van der Waals surface area contributed by atoms with Gasteiger partial charge in [-0.05, 0) is 37.5 Å². The van der Waals surface area contributed by atoms with Crippen molar-refractivity contribution in [2.75, 3.05) is 7.11 Å². The van der Waals surface area contributed by atoms with Crippen LogP contribution in [0.1, 0.15) is 31.7 Å². The molecule has 0 spiro atoms. The third-order valence-electron chi connectivity index (χ3n) is 5.12. The minimum absolute atomic E-state index is 0.454. The molecule has 0 amide bonds. The Hall–Kier alpha value is -1.62. The molecule has 128 valence electrons. The van der Waals surface area contributed by atoms with Gasteiger partial charge in [-0.1, -0.05) is 35.4 Å². The highest BCUT2D eigenvalue weighted by molar-refractivity contribution is 6.30. The highest BCUT2D eigenvalue weighted by Gasteiger charge is 2.50. The summed E-state index contributed by atoms with van der Waals surface area (Å²) in [4.78, 5) is 4.07. The summed E-state index contributed by atoms with van der Waals surface area (Å²) >= 11 is 5.95. The van der Waals surface area contributed by atoms with Crippen LogP contribution in [0.3, 0.4) is 0 Å². The molecule has 0 bridgehead atoms. The van der Waals surface area contributed by atoms with E-state index in [0.29, 0.717) is 13.0 Å². The van der Waals surface area contributed by atoms with Gasteiger partial charge >= 0.3 is 0 Å². The van der Waals surface area contributed by atoms with E-state index >= 15 is 0 Å². The van der Waals surface area contributed by atoms with Crippen molar-refractivity contribution in [3.8, 4) is 0 Å². The van der Waals surface area contributed by atoms with Crippen LogP contribution in [0.2, 0.25) is 5.02 Å². The van der Waals surface area contributed by atoms with Gasteiger partial charge in [-0.3, -0.25) is 0 Å². The molecule has 1 aromatic carbocycles. The number of methoxy groups -OCH3 is 1. The number of nitrogens with zero attached hydrogens (tertiary/aromatic N) is 2. The minimum Gasteiger partial charge on any atom is -0.385 e. The topological polar surface area (TPSA) is 47.3 Å². The Labute approximate surface area is 147 Å². The van der Waals surface area contributed by atoms with Gasteiger partial charge in [0.1, 0.15) is 5.60 Å². The number of ether oxygens (including phenoxy) is 1. The summed E-state index contributed by atoms with van der Waals surface area (Å²) in [5, 5.41) is 12.1. The zero-order valence-electron chi connectivity index (χ0n) is 14.1. The van der Waals surface area contributed by atoms with Crippen LogP contribution in [0.4, 0.5) is 0 Å². The first-order valence-corrected chi connectivity index (χ1v) is 8.50. The summed E-state index contributed by atoms with van der Waals surface area (Å²) in [6.45, 7) is 2.44. The van der Waals surface area contributed by atoms with Gasteiger partial charge in [0.25, 0.3) is 0 Å². The first kappa shape index (κ1) is 17.2. The molecule has 0 aliphatic heterocycles. The lowest BCUT2D eigenvalue weighted by Crippen LogP contribution is -2.58. The zero-order chi connectivity index (χ0) is 17.2. The Morgan fingerprint density at radius 2 is 2.12 bits per heavy atom. The van der Waals surface area contributed by atoms with E-state index in [-0.39, 0.29) is 0 Å². The van der Waals surface area contributed by atoms with Gasteiger partial charge in [0.15, 0.2) is 0 Å². The molecule has 0 saturated heterocycles. The fourth-order valence-electron chi connectivity index (χ4n) is 3.40. The van der Waals surface area contributed by atoms with Crippen LogP contribution >= 0.6 is 11.6 Å². The first-order chi connectivity index (χ1) is 11.4. The molecule has 1 aliphatic carbocycles. The van der Waals surface area contributed by atoms with Gasteiger partial charge in [-0.25, -0.2) is 4.98 Å². The monoisotopic (exact) mass is 346 g/mol. The Morgan fingerprint density at radius 1 is 1.38 bits per heavy atom. The molecule has 2 unspecified atom stereocenters. The molecule has 2 aromatic rings. The SMILES string of the molecule is COC1(C)CC/C(=C/c2ccc(Cl)cc2)CC1(O)Cn1ccnc1. The van der Waals surface area contributed by atoms with Crippen LogP contribution in [0.5, 0.6) is 0 Å². The largest absolute Gasteiger partial charge is 0.385 e. The maximum atomic E-state index is 11.4. The zero-order valence-corrected chi connectivity index (χ0v) is 14.8. The van der Waals surface area contributed by atoms with Gasteiger partial charge in [0, 0.05) is 30.9 Å². The van der Waals surface area contributed by atoms with Gasteiger partial charge in [-0.15, -0.1) is 0 Å². The third-order valence-corrected chi connectivity index (χ3v) is 5.37. The molecule has 1 aliphatic rings. The lowest BCUT2D eigenvalue weighted by atomic mass is 9.70. The van der Waals surface area contributed by atoms with Crippen molar-refractivity contribution in [2.45, 2.75) is 43.9 Å². The lowest BCUT2D eigenvalue weighted by molar-refractivity contribution is -0.179. The van der Waals surface area contributed by atoms with Gasteiger partial charge in [0.05, 0.1) is 18.5 Å². The lowest BCUT2D eigenvalue weighted by Gasteiger charge is -2.48. The smallest absolute Gasteiger partial charge is 0.115 e. The molecule has 0 radical (unpaired) electrons. The van der Waals surface area contributed by atoms with Crippen molar-refractivity contribution in [3.63, 3.8) is 0 Å². The van der Waals surface area contributed by atoms with E-state index < -0.39 is 11.2 Å². The molecule has 1 fully saturated rings. The summed E-state index contributed by atoms with van der Waals surface area (Å²) < 4.78 is 7.63. The number of rotatable bonds is 4. The minimum atomic E-state index is -0.987. The molecule has 1 aromatic heterocycles. The fourth-order valence-corrected chi connectivity index (χ4v) is 3.52.